The summed E-state index contributed by atoms with van der Waals surface area (Å²) in [5.74, 6) is 10.4. The summed E-state index contributed by atoms with van der Waals surface area (Å²) in [6.45, 7) is 10.2. The highest BCUT2D eigenvalue weighted by molar-refractivity contribution is 4.89. The zero-order valence-corrected chi connectivity index (χ0v) is 21.1. The minimum atomic E-state index is 0.988. The Labute approximate surface area is 189 Å². The summed E-state index contributed by atoms with van der Waals surface area (Å²) in [5, 5.41) is 0. The van der Waals surface area contributed by atoms with Gasteiger partial charge in [-0.1, -0.05) is 79.1 Å². The summed E-state index contributed by atoms with van der Waals surface area (Å²) >= 11 is 0. The molecule has 0 bridgehead atoms. The van der Waals surface area contributed by atoms with Crippen molar-refractivity contribution >= 4 is 0 Å². The fourth-order valence-corrected chi connectivity index (χ4v) is 9.04. The Hall–Kier alpha value is 0. The topological polar surface area (TPSA) is 0 Å². The van der Waals surface area contributed by atoms with E-state index in [-0.39, 0.29) is 0 Å². The van der Waals surface area contributed by atoms with Crippen LogP contribution in [0.15, 0.2) is 0 Å². The highest BCUT2D eigenvalue weighted by atomic mass is 14.4. The zero-order valence-electron chi connectivity index (χ0n) is 21.1. The van der Waals surface area contributed by atoms with Crippen molar-refractivity contribution in [2.45, 2.75) is 130 Å². The molecule has 0 saturated heterocycles. The van der Waals surface area contributed by atoms with Gasteiger partial charge in [0, 0.05) is 0 Å². The van der Waals surface area contributed by atoms with Crippen molar-refractivity contribution < 1.29 is 0 Å². The first-order valence-electron chi connectivity index (χ1n) is 14.5. The van der Waals surface area contributed by atoms with Gasteiger partial charge in [-0.15, -0.1) is 0 Å². The highest BCUT2D eigenvalue weighted by Gasteiger charge is 2.39. The predicted molar refractivity (Wildman–Crippen MR) is 131 cm³/mol. The minimum Gasteiger partial charge on any atom is -0.0625 e. The zero-order chi connectivity index (χ0) is 21.1. The Morgan fingerprint density at radius 1 is 0.433 bits per heavy atom. The van der Waals surface area contributed by atoms with Crippen LogP contribution in [0.5, 0.6) is 0 Å². The standard InChI is InChI=1S/C30H54/c1-21-5-13-27(14-6-21)28-17-11-25(12-18-28)9-10-26-19-23(3)30(24(4)20-26)29-15-7-22(2)8-16-29/h21-30H,5-20H2,1-4H3. The lowest BCUT2D eigenvalue weighted by atomic mass is 9.60. The van der Waals surface area contributed by atoms with Crippen molar-refractivity contribution in [1.82, 2.24) is 0 Å². The van der Waals surface area contributed by atoms with Crippen molar-refractivity contribution in [1.29, 1.82) is 0 Å². The number of hydrogen-bond acceptors (Lipinski definition) is 0. The first kappa shape index (κ1) is 23.2. The minimum absolute atomic E-state index is 0.988. The van der Waals surface area contributed by atoms with E-state index in [1.807, 2.05) is 0 Å². The van der Waals surface area contributed by atoms with Crippen molar-refractivity contribution in [3.63, 3.8) is 0 Å². The first-order chi connectivity index (χ1) is 14.5. The monoisotopic (exact) mass is 414 g/mol. The average Bonchev–Trinajstić information content (AvgIpc) is 2.74. The number of rotatable bonds is 5. The van der Waals surface area contributed by atoms with E-state index in [1.54, 1.807) is 64.2 Å². The third kappa shape index (κ3) is 5.86. The van der Waals surface area contributed by atoms with Crippen LogP contribution in [0.4, 0.5) is 0 Å². The summed E-state index contributed by atoms with van der Waals surface area (Å²) in [4.78, 5) is 0. The molecule has 174 valence electrons. The predicted octanol–water partition coefficient (Wildman–Crippen LogP) is 9.52. The number of hydrogen-bond donors (Lipinski definition) is 0. The maximum atomic E-state index is 2.63. The molecule has 0 amide bonds. The SMILES string of the molecule is CC1CCC(C2CCC(CCC3CC(C)C(C4CCC(C)CC4)C(C)C3)CC2)CC1. The van der Waals surface area contributed by atoms with Gasteiger partial charge in [0.2, 0.25) is 0 Å². The fourth-order valence-electron chi connectivity index (χ4n) is 9.04. The third-order valence-electron chi connectivity index (χ3n) is 10.9. The van der Waals surface area contributed by atoms with Crippen LogP contribution in [-0.4, -0.2) is 0 Å². The molecule has 2 atom stereocenters. The molecular weight excluding hydrogens is 360 g/mol. The molecule has 0 aromatic rings. The van der Waals surface area contributed by atoms with Gasteiger partial charge in [-0.3, -0.25) is 0 Å². The second-order valence-electron chi connectivity index (χ2n) is 13.3. The Bertz CT molecular complexity index is 472. The summed E-state index contributed by atoms with van der Waals surface area (Å²) < 4.78 is 0. The molecule has 0 N–H and O–H groups in total. The van der Waals surface area contributed by atoms with Gasteiger partial charge in [0.1, 0.15) is 0 Å². The van der Waals surface area contributed by atoms with Gasteiger partial charge in [-0.05, 0) is 111 Å². The summed E-state index contributed by atoms with van der Waals surface area (Å²) in [7, 11) is 0. The Morgan fingerprint density at radius 3 is 1.33 bits per heavy atom. The van der Waals surface area contributed by atoms with Crippen LogP contribution in [0.3, 0.4) is 0 Å². The molecule has 4 fully saturated rings. The third-order valence-corrected chi connectivity index (χ3v) is 10.9. The van der Waals surface area contributed by atoms with Crippen LogP contribution in [0.25, 0.3) is 0 Å². The molecule has 0 radical (unpaired) electrons. The summed E-state index contributed by atoms with van der Waals surface area (Å²) in [5.41, 5.74) is 0. The average molecular weight is 415 g/mol. The van der Waals surface area contributed by atoms with E-state index in [4.69, 9.17) is 0 Å². The van der Waals surface area contributed by atoms with Crippen molar-refractivity contribution in [3.05, 3.63) is 0 Å². The second kappa shape index (κ2) is 10.7. The van der Waals surface area contributed by atoms with Crippen molar-refractivity contribution in [3.8, 4) is 0 Å². The van der Waals surface area contributed by atoms with Crippen LogP contribution >= 0.6 is 0 Å². The van der Waals surface area contributed by atoms with Crippen LogP contribution in [0, 0.1) is 59.2 Å². The molecule has 0 heterocycles. The van der Waals surface area contributed by atoms with Gasteiger partial charge in [-0.2, -0.15) is 0 Å². The largest absolute Gasteiger partial charge is 0.0625 e. The maximum absolute atomic E-state index is 2.63. The van der Waals surface area contributed by atoms with E-state index in [1.165, 1.54) is 38.5 Å². The Morgan fingerprint density at radius 2 is 0.833 bits per heavy atom. The molecule has 2 unspecified atom stereocenters. The maximum Gasteiger partial charge on any atom is -0.0334 e. The molecule has 4 saturated carbocycles. The fraction of sp³-hybridized carbons (Fsp3) is 1.00. The smallest absolute Gasteiger partial charge is 0.0334 e. The van der Waals surface area contributed by atoms with Crippen LogP contribution in [0.1, 0.15) is 130 Å². The van der Waals surface area contributed by atoms with Gasteiger partial charge >= 0.3 is 0 Å². The van der Waals surface area contributed by atoms with Crippen LogP contribution < -0.4 is 0 Å². The molecular formula is C30H54. The Kier molecular flexibility index (Phi) is 8.30. The molecule has 0 heteroatoms. The molecule has 4 aliphatic carbocycles. The quantitative estimate of drug-likeness (QED) is 0.420. The van der Waals surface area contributed by atoms with Crippen molar-refractivity contribution in [2.75, 3.05) is 0 Å². The summed E-state index contributed by atoms with van der Waals surface area (Å²) in [6.07, 6.45) is 24.7. The molecule has 30 heavy (non-hydrogen) atoms. The highest BCUT2D eigenvalue weighted by Crippen LogP contribution is 2.49. The van der Waals surface area contributed by atoms with Gasteiger partial charge in [-0.25, -0.2) is 0 Å². The molecule has 4 rings (SSSR count). The molecule has 0 aromatic carbocycles. The Balaban J connectivity index is 1.17. The van der Waals surface area contributed by atoms with E-state index in [0.29, 0.717) is 0 Å². The van der Waals surface area contributed by atoms with Crippen LogP contribution in [-0.2, 0) is 0 Å². The lowest BCUT2D eigenvalue weighted by Crippen LogP contribution is -2.36. The molecule has 0 aliphatic heterocycles. The lowest BCUT2D eigenvalue weighted by molar-refractivity contribution is 0.0455. The van der Waals surface area contributed by atoms with E-state index < -0.39 is 0 Å². The van der Waals surface area contributed by atoms with E-state index in [2.05, 4.69) is 27.7 Å². The van der Waals surface area contributed by atoms with Crippen LogP contribution in [0.2, 0.25) is 0 Å². The summed E-state index contributed by atoms with van der Waals surface area (Å²) in [6, 6.07) is 0. The van der Waals surface area contributed by atoms with Gasteiger partial charge in [0.15, 0.2) is 0 Å². The molecule has 0 spiro atoms. The second-order valence-corrected chi connectivity index (χ2v) is 13.3. The molecule has 0 nitrogen and oxygen atoms in total. The normalized spacial score (nSPS) is 48.4. The van der Waals surface area contributed by atoms with Gasteiger partial charge in [0.05, 0.1) is 0 Å². The van der Waals surface area contributed by atoms with E-state index in [9.17, 15) is 0 Å². The lowest BCUT2D eigenvalue weighted by Gasteiger charge is -2.45. The molecule has 4 aliphatic rings. The van der Waals surface area contributed by atoms with E-state index >= 15 is 0 Å². The van der Waals surface area contributed by atoms with Gasteiger partial charge in [0.25, 0.3) is 0 Å². The van der Waals surface area contributed by atoms with Gasteiger partial charge < -0.3 is 0 Å². The van der Waals surface area contributed by atoms with E-state index in [0.717, 1.165) is 59.2 Å². The first-order valence-corrected chi connectivity index (χ1v) is 14.5. The van der Waals surface area contributed by atoms with Crippen molar-refractivity contribution in [2.24, 2.45) is 59.2 Å². The molecule has 0 aromatic heterocycles.